The largest absolute Gasteiger partial charge is 0.446 e. The van der Waals surface area contributed by atoms with Gasteiger partial charge in [-0.3, -0.25) is 0 Å². The fourth-order valence-corrected chi connectivity index (χ4v) is 1.67. The standard InChI is InChI=1S/C8H15NO4.C6H6/c1-8(12,5-10)4-6-2-3-9-7(11)13-6;1-2-4-6-5-3-1/h6,10,12H,2-5H2,1H3,(H,9,11);1-6H. The van der Waals surface area contributed by atoms with E-state index in [2.05, 4.69) is 5.32 Å². The summed E-state index contributed by atoms with van der Waals surface area (Å²) in [6.07, 6.45) is 0.194. The van der Waals surface area contributed by atoms with Crippen molar-refractivity contribution in [2.75, 3.05) is 13.2 Å². The molecule has 1 fully saturated rings. The number of hydrogen-bond acceptors (Lipinski definition) is 4. The number of aliphatic hydroxyl groups excluding tert-OH is 1. The van der Waals surface area contributed by atoms with Crippen molar-refractivity contribution in [1.29, 1.82) is 0 Å². The Kier molecular flexibility index (Phi) is 6.32. The second kappa shape index (κ2) is 7.76. The van der Waals surface area contributed by atoms with Crippen LogP contribution in [0.4, 0.5) is 4.79 Å². The molecule has 19 heavy (non-hydrogen) atoms. The number of benzene rings is 1. The Morgan fingerprint density at radius 3 is 2.26 bits per heavy atom. The van der Waals surface area contributed by atoms with Crippen LogP contribution < -0.4 is 5.32 Å². The van der Waals surface area contributed by atoms with Crippen LogP contribution in [0.15, 0.2) is 36.4 Å². The summed E-state index contributed by atoms with van der Waals surface area (Å²) >= 11 is 0. The van der Waals surface area contributed by atoms with Gasteiger partial charge >= 0.3 is 6.09 Å². The van der Waals surface area contributed by atoms with Crippen molar-refractivity contribution in [1.82, 2.24) is 5.32 Å². The molecule has 0 spiro atoms. The number of nitrogens with one attached hydrogen (secondary N) is 1. The molecule has 0 radical (unpaired) electrons. The molecule has 1 amide bonds. The maximum Gasteiger partial charge on any atom is 0.407 e. The van der Waals surface area contributed by atoms with Gasteiger partial charge in [-0.1, -0.05) is 36.4 Å². The average molecular weight is 267 g/mol. The van der Waals surface area contributed by atoms with Gasteiger partial charge in [0.05, 0.1) is 12.2 Å². The van der Waals surface area contributed by atoms with Crippen LogP contribution in [0.25, 0.3) is 0 Å². The van der Waals surface area contributed by atoms with Gasteiger partial charge in [0, 0.05) is 19.4 Å². The lowest BCUT2D eigenvalue weighted by Crippen LogP contribution is -2.42. The molecule has 106 valence electrons. The Balaban J connectivity index is 0.000000250. The van der Waals surface area contributed by atoms with Crippen LogP contribution in [0.3, 0.4) is 0 Å². The predicted molar refractivity (Wildman–Crippen MR) is 71.7 cm³/mol. The van der Waals surface area contributed by atoms with Gasteiger partial charge in [0.2, 0.25) is 0 Å². The Bertz CT molecular complexity index is 340. The minimum absolute atomic E-state index is 0.275. The second-order valence-corrected chi connectivity index (χ2v) is 4.76. The number of alkyl carbamates (subject to hydrolysis) is 1. The van der Waals surface area contributed by atoms with Crippen LogP contribution in [0, 0.1) is 0 Å². The number of rotatable bonds is 3. The molecular weight excluding hydrogens is 246 g/mol. The zero-order valence-corrected chi connectivity index (χ0v) is 11.1. The summed E-state index contributed by atoms with van der Waals surface area (Å²) in [5.74, 6) is 0. The zero-order valence-electron chi connectivity index (χ0n) is 11.1. The Labute approximate surface area is 113 Å². The van der Waals surface area contributed by atoms with E-state index in [4.69, 9.17) is 9.84 Å². The normalized spacial score (nSPS) is 21.2. The first kappa shape index (κ1) is 15.5. The van der Waals surface area contributed by atoms with Crippen LogP contribution in [-0.2, 0) is 4.74 Å². The van der Waals surface area contributed by atoms with Gasteiger partial charge in [-0.25, -0.2) is 4.79 Å². The van der Waals surface area contributed by atoms with Gasteiger partial charge in [-0.05, 0) is 6.92 Å². The highest BCUT2D eigenvalue weighted by molar-refractivity contribution is 5.67. The molecule has 2 rings (SSSR count). The van der Waals surface area contributed by atoms with Gasteiger partial charge in [0.15, 0.2) is 0 Å². The fraction of sp³-hybridized carbons (Fsp3) is 0.500. The number of carbonyl (C=O) groups excluding carboxylic acids is 1. The van der Waals surface area contributed by atoms with Crippen LogP contribution in [0.5, 0.6) is 0 Å². The lowest BCUT2D eigenvalue weighted by atomic mass is 9.97. The molecule has 1 saturated heterocycles. The van der Waals surface area contributed by atoms with Crippen molar-refractivity contribution in [3.8, 4) is 0 Å². The molecule has 2 atom stereocenters. The number of ether oxygens (including phenoxy) is 1. The third-order valence-electron chi connectivity index (χ3n) is 2.68. The highest BCUT2D eigenvalue weighted by atomic mass is 16.6. The number of cyclic esters (lactones) is 1. The second-order valence-electron chi connectivity index (χ2n) is 4.76. The third kappa shape index (κ3) is 6.79. The molecule has 0 saturated carbocycles. The average Bonchev–Trinajstić information content (AvgIpc) is 2.41. The van der Waals surface area contributed by atoms with Crippen molar-refractivity contribution >= 4 is 6.09 Å². The van der Waals surface area contributed by atoms with Crippen molar-refractivity contribution in [3.63, 3.8) is 0 Å². The first-order chi connectivity index (χ1) is 9.03. The maximum atomic E-state index is 10.8. The number of aliphatic hydroxyl groups is 2. The van der Waals surface area contributed by atoms with Gasteiger partial charge in [0.1, 0.15) is 6.10 Å². The fourth-order valence-electron chi connectivity index (χ4n) is 1.67. The first-order valence-electron chi connectivity index (χ1n) is 6.31. The van der Waals surface area contributed by atoms with Crippen LogP contribution >= 0.6 is 0 Å². The molecule has 1 aromatic rings. The van der Waals surface area contributed by atoms with Crippen molar-refractivity contribution in [2.45, 2.75) is 31.5 Å². The highest BCUT2D eigenvalue weighted by Crippen LogP contribution is 2.17. The van der Waals surface area contributed by atoms with Crippen molar-refractivity contribution in [2.24, 2.45) is 0 Å². The Hall–Kier alpha value is -1.59. The van der Waals surface area contributed by atoms with Crippen LogP contribution in [0.2, 0.25) is 0 Å². The van der Waals surface area contributed by atoms with E-state index in [9.17, 15) is 9.90 Å². The molecule has 5 heteroatoms. The van der Waals surface area contributed by atoms with Gasteiger partial charge in [0.25, 0.3) is 0 Å². The number of carbonyl (C=O) groups is 1. The monoisotopic (exact) mass is 267 g/mol. The van der Waals surface area contributed by atoms with E-state index in [1.807, 2.05) is 36.4 Å². The van der Waals surface area contributed by atoms with E-state index >= 15 is 0 Å². The van der Waals surface area contributed by atoms with Crippen molar-refractivity contribution in [3.05, 3.63) is 36.4 Å². The zero-order chi connectivity index (χ0) is 14.1. The molecule has 1 heterocycles. The predicted octanol–water partition coefficient (Wildman–Crippen LogP) is 1.30. The highest BCUT2D eigenvalue weighted by Gasteiger charge is 2.29. The number of amides is 1. The summed E-state index contributed by atoms with van der Waals surface area (Å²) in [6, 6.07) is 12.0. The molecule has 0 aliphatic carbocycles. The van der Waals surface area contributed by atoms with E-state index in [1.54, 1.807) is 0 Å². The smallest absolute Gasteiger partial charge is 0.407 e. The topological polar surface area (TPSA) is 78.8 Å². The lowest BCUT2D eigenvalue weighted by Gasteiger charge is -2.29. The molecule has 3 N–H and O–H groups in total. The SMILES string of the molecule is CC(O)(CO)CC1CCNC(=O)O1.c1ccccc1. The molecular formula is C14H21NO4. The molecule has 1 aliphatic rings. The van der Waals surface area contributed by atoms with Crippen molar-refractivity contribution < 1.29 is 19.7 Å². The van der Waals surface area contributed by atoms with Gasteiger partial charge in [-0.2, -0.15) is 0 Å². The minimum Gasteiger partial charge on any atom is -0.446 e. The van der Waals surface area contributed by atoms with E-state index in [-0.39, 0.29) is 19.1 Å². The molecule has 0 bridgehead atoms. The minimum atomic E-state index is -1.16. The van der Waals surface area contributed by atoms with E-state index in [0.29, 0.717) is 13.0 Å². The van der Waals surface area contributed by atoms with E-state index in [0.717, 1.165) is 0 Å². The van der Waals surface area contributed by atoms with Crippen LogP contribution in [0.1, 0.15) is 19.8 Å². The van der Waals surface area contributed by atoms with E-state index in [1.165, 1.54) is 6.92 Å². The molecule has 2 unspecified atom stereocenters. The first-order valence-corrected chi connectivity index (χ1v) is 6.31. The molecule has 0 aromatic heterocycles. The Morgan fingerprint density at radius 2 is 1.84 bits per heavy atom. The van der Waals surface area contributed by atoms with Gasteiger partial charge in [-0.15, -0.1) is 0 Å². The summed E-state index contributed by atoms with van der Waals surface area (Å²) in [5, 5.41) is 20.8. The summed E-state index contributed by atoms with van der Waals surface area (Å²) in [4.78, 5) is 10.8. The third-order valence-corrected chi connectivity index (χ3v) is 2.68. The van der Waals surface area contributed by atoms with Gasteiger partial charge < -0.3 is 20.3 Å². The maximum absolute atomic E-state index is 10.8. The quantitative estimate of drug-likeness (QED) is 0.771. The Morgan fingerprint density at radius 1 is 1.32 bits per heavy atom. The summed E-state index contributed by atoms with van der Waals surface area (Å²) in [7, 11) is 0. The van der Waals surface area contributed by atoms with E-state index < -0.39 is 11.7 Å². The summed E-state index contributed by atoms with van der Waals surface area (Å²) in [6.45, 7) is 1.75. The summed E-state index contributed by atoms with van der Waals surface area (Å²) in [5.41, 5.74) is -1.16. The molecule has 1 aromatic carbocycles. The lowest BCUT2D eigenvalue weighted by molar-refractivity contribution is -0.0451. The number of hydrogen-bond donors (Lipinski definition) is 3. The molecule has 5 nitrogen and oxygen atoms in total. The molecule has 1 aliphatic heterocycles. The summed E-state index contributed by atoms with van der Waals surface area (Å²) < 4.78 is 4.90. The van der Waals surface area contributed by atoms with Crippen LogP contribution in [-0.4, -0.2) is 41.2 Å².